The van der Waals surface area contributed by atoms with Crippen molar-refractivity contribution in [2.45, 2.75) is 85.2 Å². The van der Waals surface area contributed by atoms with Crippen LogP contribution >= 0.6 is 0 Å². The maximum Gasteiger partial charge on any atom is 0.309 e. The molecule has 4 rings (SSSR count). The Balaban J connectivity index is 1.63. The van der Waals surface area contributed by atoms with Gasteiger partial charge in [0.1, 0.15) is 12.2 Å². The molecule has 4 nitrogen and oxygen atoms in total. The van der Waals surface area contributed by atoms with Gasteiger partial charge in [0.2, 0.25) is 0 Å². The summed E-state index contributed by atoms with van der Waals surface area (Å²) < 4.78 is 11.5. The Kier molecular flexibility index (Phi) is 5.43. The van der Waals surface area contributed by atoms with Gasteiger partial charge < -0.3 is 9.47 Å². The molecule has 4 fully saturated rings. The van der Waals surface area contributed by atoms with Crippen molar-refractivity contribution in [2.75, 3.05) is 6.61 Å². The van der Waals surface area contributed by atoms with E-state index in [1.807, 2.05) is 13.8 Å². The lowest BCUT2D eigenvalue weighted by Gasteiger charge is -2.65. The number of rotatable bonds is 7. The minimum Gasteiger partial charge on any atom is -0.465 e. The summed E-state index contributed by atoms with van der Waals surface area (Å²) in [5.41, 5.74) is 0.140. The third-order valence-corrected chi connectivity index (χ3v) is 7.53. The van der Waals surface area contributed by atoms with Crippen LogP contribution in [0.15, 0.2) is 0 Å². The topological polar surface area (TPSA) is 52.6 Å². The van der Waals surface area contributed by atoms with E-state index in [4.69, 9.17) is 9.47 Å². The lowest BCUT2D eigenvalue weighted by atomic mass is 9.43. The largest absolute Gasteiger partial charge is 0.465 e. The standard InChI is InChI=1S/C22H36O4/c1-6-15(4)20(24)25-8-7-19(23)26-22(14(2)3)17-9-16-10-18(22)13-21(5,11-16)12-17/h14-18H,6-13H2,1-5H3. The van der Waals surface area contributed by atoms with Gasteiger partial charge in [-0.1, -0.05) is 34.6 Å². The molecule has 0 aromatic heterocycles. The summed E-state index contributed by atoms with van der Waals surface area (Å²) >= 11 is 0. The average Bonchev–Trinajstić information content (AvgIpc) is 2.55. The maximum atomic E-state index is 12.6. The number of esters is 2. The van der Waals surface area contributed by atoms with E-state index >= 15 is 0 Å². The summed E-state index contributed by atoms with van der Waals surface area (Å²) in [7, 11) is 0. The van der Waals surface area contributed by atoms with Crippen LogP contribution in [0.5, 0.6) is 0 Å². The average molecular weight is 365 g/mol. The Bertz CT molecular complexity index is 536. The predicted molar refractivity (Wildman–Crippen MR) is 100 cm³/mol. The molecule has 4 aliphatic carbocycles. The Morgan fingerprint density at radius 3 is 2.19 bits per heavy atom. The van der Waals surface area contributed by atoms with Crippen LogP contribution in [0.3, 0.4) is 0 Å². The second-order valence-corrected chi connectivity index (χ2v) is 9.86. The Morgan fingerprint density at radius 2 is 1.69 bits per heavy atom. The van der Waals surface area contributed by atoms with Gasteiger partial charge in [0.15, 0.2) is 0 Å². The number of hydrogen-bond acceptors (Lipinski definition) is 4. The summed E-state index contributed by atoms with van der Waals surface area (Å²) in [5, 5.41) is 0. The van der Waals surface area contributed by atoms with Gasteiger partial charge in [-0.2, -0.15) is 0 Å². The van der Waals surface area contributed by atoms with E-state index < -0.39 is 0 Å². The lowest BCUT2D eigenvalue weighted by Crippen LogP contribution is -2.64. The number of carbonyl (C=O) groups is 2. The highest BCUT2D eigenvalue weighted by Crippen LogP contribution is 2.66. The van der Waals surface area contributed by atoms with Crippen molar-refractivity contribution < 1.29 is 19.1 Å². The molecule has 0 heterocycles. The van der Waals surface area contributed by atoms with Crippen LogP contribution in [-0.2, 0) is 19.1 Å². The van der Waals surface area contributed by atoms with Crippen LogP contribution < -0.4 is 0 Å². The molecule has 4 heteroatoms. The molecular formula is C22H36O4. The van der Waals surface area contributed by atoms with Crippen LogP contribution in [0.4, 0.5) is 0 Å². The molecule has 0 aliphatic heterocycles. The molecule has 4 bridgehead atoms. The van der Waals surface area contributed by atoms with E-state index in [1.165, 1.54) is 32.1 Å². The molecule has 0 saturated heterocycles. The fourth-order valence-corrected chi connectivity index (χ4v) is 6.41. The van der Waals surface area contributed by atoms with E-state index in [-0.39, 0.29) is 36.5 Å². The van der Waals surface area contributed by atoms with Gasteiger partial charge in [0.25, 0.3) is 0 Å². The molecule has 0 spiro atoms. The maximum absolute atomic E-state index is 12.6. The van der Waals surface area contributed by atoms with Gasteiger partial charge in [-0.25, -0.2) is 0 Å². The van der Waals surface area contributed by atoms with Gasteiger partial charge in [-0.15, -0.1) is 0 Å². The third-order valence-electron chi connectivity index (χ3n) is 7.53. The summed E-state index contributed by atoms with van der Waals surface area (Å²) in [6.45, 7) is 10.8. The molecule has 148 valence electrons. The molecular weight excluding hydrogens is 328 g/mol. The first-order chi connectivity index (χ1) is 12.2. The first-order valence-electron chi connectivity index (χ1n) is 10.6. The van der Waals surface area contributed by atoms with E-state index in [0.717, 1.165) is 12.3 Å². The van der Waals surface area contributed by atoms with Gasteiger partial charge in [-0.3, -0.25) is 9.59 Å². The first-order valence-corrected chi connectivity index (χ1v) is 10.6. The molecule has 4 aliphatic rings. The minimum absolute atomic E-state index is 0.113. The molecule has 3 atom stereocenters. The zero-order chi connectivity index (χ0) is 19.1. The van der Waals surface area contributed by atoms with Crippen LogP contribution in [0, 0.1) is 35.0 Å². The van der Waals surface area contributed by atoms with Crippen molar-refractivity contribution in [3.8, 4) is 0 Å². The molecule has 26 heavy (non-hydrogen) atoms. The Morgan fingerprint density at radius 1 is 1.08 bits per heavy atom. The second-order valence-electron chi connectivity index (χ2n) is 9.86. The van der Waals surface area contributed by atoms with Gasteiger partial charge in [0.05, 0.1) is 12.3 Å². The smallest absolute Gasteiger partial charge is 0.309 e. The molecule has 0 N–H and O–H groups in total. The quantitative estimate of drug-likeness (QED) is 0.612. The molecule has 0 aromatic rings. The summed E-state index contributed by atoms with van der Waals surface area (Å²) in [5.74, 6) is 1.59. The Labute approximate surface area is 158 Å². The summed E-state index contributed by atoms with van der Waals surface area (Å²) in [4.78, 5) is 24.4. The lowest BCUT2D eigenvalue weighted by molar-refractivity contribution is -0.238. The van der Waals surface area contributed by atoms with Crippen molar-refractivity contribution in [3.63, 3.8) is 0 Å². The highest BCUT2D eigenvalue weighted by atomic mass is 16.6. The van der Waals surface area contributed by atoms with Gasteiger partial charge in [0, 0.05) is 11.8 Å². The predicted octanol–water partition coefficient (Wildman–Crippen LogP) is 4.75. The molecule has 0 aromatic carbocycles. The summed E-state index contributed by atoms with van der Waals surface area (Å²) in [6, 6.07) is 0. The van der Waals surface area contributed by atoms with Crippen molar-refractivity contribution in [3.05, 3.63) is 0 Å². The van der Waals surface area contributed by atoms with E-state index in [2.05, 4.69) is 20.8 Å². The highest BCUT2D eigenvalue weighted by molar-refractivity contribution is 5.73. The van der Waals surface area contributed by atoms with Gasteiger partial charge in [-0.05, 0) is 55.8 Å². The van der Waals surface area contributed by atoms with Crippen LogP contribution in [-0.4, -0.2) is 24.1 Å². The van der Waals surface area contributed by atoms with Crippen LogP contribution in [0.2, 0.25) is 0 Å². The number of hydrogen-bond donors (Lipinski definition) is 0. The van der Waals surface area contributed by atoms with Gasteiger partial charge >= 0.3 is 11.9 Å². The molecule has 0 radical (unpaired) electrons. The molecule has 0 amide bonds. The fraction of sp³-hybridized carbons (Fsp3) is 0.909. The zero-order valence-electron chi connectivity index (χ0n) is 17.2. The van der Waals surface area contributed by atoms with Crippen molar-refractivity contribution in [2.24, 2.45) is 35.0 Å². The van der Waals surface area contributed by atoms with E-state index in [1.54, 1.807) is 0 Å². The third kappa shape index (κ3) is 3.41. The number of ether oxygens (including phenoxy) is 2. The van der Waals surface area contributed by atoms with Crippen molar-refractivity contribution >= 4 is 11.9 Å². The molecule has 4 saturated carbocycles. The normalized spacial score (nSPS) is 39.1. The Hall–Kier alpha value is -1.06. The van der Waals surface area contributed by atoms with Crippen LogP contribution in [0.1, 0.15) is 79.6 Å². The van der Waals surface area contributed by atoms with E-state index in [0.29, 0.717) is 23.2 Å². The number of carbonyl (C=O) groups excluding carboxylic acids is 2. The molecule has 3 unspecified atom stereocenters. The highest BCUT2D eigenvalue weighted by Gasteiger charge is 2.63. The first kappa shape index (κ1) is 19.7. The SMILES string of the molecule is CCC(C)C(=O)OCCC(=O)OC1(C(C)C)C2CC3CC1CC(C)(C3)C2. The van der Waals surface area contributed by atoms with Crippen LogP contribution in [0.25, 0.3) is 0 Å². The fourth-order valence-electron chi connectivity index (χ4n) is 6.41. The van der Waals surface area contributed by atoms with Crippen molar-refractivity contribution in [1.82, 2.24) is 0 Å². The van der Waals surface area contributed by atoms with E-state index in [9.17, 15) is 9.59 Å². The second kappa shape index (κ2) is 7.16. The minimum atomic E-state index is -0.311. The van der Waals surface area contributed by atoms with Crippen molar-refractivity contribution in [1.29, 1.82) is 0 Å². The monoisotopic (exact) mass is 364 g/mol. The zero-order valence-corrected chi connectivity index (χ0v) is 17.2. The summed E-state index contributed by atoms with van der Waals surface area (Å²) in [6.07, 6.45) is 7.07.